The average molecular weight is 569 g/mol. The summed E-state index contributed by atoms with van der Waals surface area (Å²) in [5, 5.41) is 4.76. The fourth-order valence-electron chi connectivity index (χ4n) is 4.78. The van der Waals surface area contributed by atoms with E-state index in [0.717, 1.165) is 11.1 Å². The first-order valence-corrected chi connectivity index (χ1v) is 15.4. The molecule has 0 bridgehead atoms. The molecule has 3 heterocycles. The van der Waals surface area contributed by atoms with Gasteiger partial charge < -0.3 is 20.7 Å². The number of hydrogen-bond acceptors (Lipinski definition) is 9. The molecule has 2 aromatic carbocycles. The molecule has 0 spiro atoms. The topological polar surface area (TPSA) is 115 Å². The first-order chi connectivity index (χ1) is 18.4. The highest BCUT2D eigenvalue weighted by Crippen LogP contribution is 2.45. The van der Waals surface area contributed by atoms with Gasteiger partial charge in [-0.1, -0.05) is 60.7 Å². The Labute approximate surface area is 233 Å². The van der Waals surface area contributed by atoms with Crippen LogP contribution in [0.4, 0.5) is 5.13 Å². The Kier molecular flexibility index (Phi) is 7.96. The lowest BCUT2D eigenvalue weighted by Gasteiger charge is -2.54. The second-order valence-corrected chi connectivity index (χ2v) is 12.2. The van der Waals surface area contributed by atoms with Crippen LogP contribution < -0.4 is 11.1 Å². The van der Waals surface area contributed by atoms with Gasteiger partial charge in [0.05, 0.1) is 12.1 Å². The van der Waals surface area contributed by atoms with E-state index in [2.05, 4.69) is 10.3 Å². The third-order valence-corrected chi connectivity index (χ3v) is 9.81. The first-order valence-electron chi connectivity index (χ1n) is 12.1. The number of fused-ring (bicyclic) bond motifs is 1. The number of β-lactam (4-membered cyclic amide) rings is 1. The van der Waals surface area contributed by atoms with Crippen LogP contribution >= 0.6 is 34.9 Å². The quantitative estimate of drug-likeness (QED) is 0.298. The van der Waals surface area contributed by atoms with Crippen LogP contribution in [0.2, 0.25) is 0 Å². The van der Waals surface area contributed by atoms with Crippen LogP contribution in [0, 0.1) is 5.41 Å². The monoisotopic (exact) mass is 568 g/mol. The number of nitrogen functional groups attached to an aromatic ring is 1. The number of esters is 1. The van der Waals surface area contributed by atoms with E-state index < -0.39 is 17.6 Å². The van der Waals surface area contributed by atoms with E-state index in [1.54, 1.807) is 22.0 Å². The number of benzene rings is 2. The number of nitrogens with one attached hydrogen (secondary N) is 1. The summed E-state index contributed by atoms with van der Waals surface area (Å²) in [6.45, 7) is 0.258. The number of ether oxygens (including phenoxy) is 1. The van der Waals surface area contributed by atoms with Crippen LogP contribution in [0.25, 0.3) is 0 Å². The molecule has 11 heteroatoms. The van der Waals surface area contributed by atoms with Gasteiger partial charge in [0, 0.05) is 23.4 Å². The number of thioether (sulfide) groups is 2. The molecule has 38 heavy (non-hydrogen) atoms. The molecule has 3 N–H and O–H groups in total. The minimum atomic E-state index is -0.856. The Hall–Kier alpha value is -3.02. The van der Waals surface area contributed by atoms with Crippen molar-refractivity contribution in [3.63, 3.8) is 0 Å². The van der Waals surface area contributed by atoms with E-state index >= 15 is 0 Å². The summed E-state index contributed by atoms with van der Waals surface area (Å²) in [6.07, 6.45) is 1.46. The molecular weight excluding hydrogens is 541 g/mol. The summed E-state index contributed by atoms with van der Waals surface area (Å²) in [4.78, 5) is 45.2. The van der Waals surface area contributed by atoms with Crippen molar-refractivity contribution in [2.75, 3.05) is 30.0 Å². The Morgan fingerprint density at radius 3 is 2.42 bits per heavy atom. The molecule has 0 aliphatic carbocycles. The predicted molar refractivity (Wildman–Crippen MR) is 152 cm³/mol. The maximum Gasteiger partial charge on any atom is 0.316 e. The minimum Gasteiger partial charge on any atom is -0.452 e. The van der Waals surface area contributed by atoms with Crippen molar-refractivity contribution < 1.29 is 19.1 Å². The van der Waals surface area contributed by atoms with Gasteiger partial charge in [-0.3, -0.25) is 14.4 Å². The third kappa shape index (κ3) is 5.41. The van der Waals surface area contributed by atoms with Gasteiger partial charge >= 0.3 is 5.97 Å². The van der Waals surface area contributed by atoms with Crippen molar-refractivity contribution in [2.45, 2.75) is 23.9 Å². The number of carbonyl (C=O) groups excluding carboxylic acids is 3. The van der Waals surface area contributed by atoms with Gasteiger partial charge in [-0.15, -0.1) is 23.1 Å². The van der Waals surface area contributed by atoms with Gasteiger partial charge in [0.2, 0.25) is 11.8 Å². The molecule has 2 aliphatic rings. The fourth-order valence-corrected chi connectivity index (χ4v) is 7.87. The SMILES string of the molecule is CSCC1(C(=O)OC(c2ccccc2)c2ccccc2)CS[C@@H]2C(NC(=O)Cc3csc(N)n3)C(=O)N2C1. The maximum absolute atomic E-state index is 13.8. The molecule has 2 fully saturated rings. The van der Waals surface area contributed by atoms with Gasteiger partial charge in [-0.2, -0.15) is 11.8 Å². The zero-order valence-electron chi connectivity index (χ0n) is 20.7. The molecule has 8 nitrogen and oxygen atoms in total. The van der Waals surface area contributed by atoms with Crippen molar-refractivity contribution in [1.82, 2.24) is 15.2 Å². The van der Waals surface area contributed by atoms with E-state index in [4.69, 9.17) is 10.5 Å². The number of nitrogens with zero attached hydrogens (tertiary/aromatic N) is 2. The first kappa shape index (κ1) is 26.6. The smallest absolute Gasteiger partial charge is 0.316 e. The lowest BCUT2D eigenvalue weighted by Crippen LogP contribution is -2.74. The molecule has 0 radical (unpaired) electrons. The van der Waals surface area contributed by atoms with Crippen LogP contribution in [0.1, 0.15) is 22.9 Å². The van der Waals surface area contributed by atoms with Gasteiger partial charge in [-0.25, -0.2) is 4.98 Å². The molecule has 3 aromatic rings. The normalized spacial score (nSPS) is 22.5. The van der Waals surface area contributed by atoms with Crippen LogP contribution in [-0.2, 0) is 25.5 Å². The molecule has 1 aromatic heterocycles. The van der Waals surface area contributed by atoms with E-state index in [-0.39, 0.29) is 36.1 Å². The predicted octanol–water partition coefficient (Wildman–Crippen LogP) is 3.35. The number of thiazole rings is 1. The number of rotatable bonds is 9. The van der Waals surface area contributed by atoms with E-state index in [0.29, 0.717) is 22.3 Å². The summed E-state index contributed by atoms with van der Waals surface area (Å²) in [7, 11) is 0. The maximum atomic E-state index is 13.8. The van der Waals surface area contributed by atoms with E-state index in [1.165, 1.54) is 23.1 Å². The minimum absolute atomic E-state index is 0.0674. The van der Waals surface area contributed by atoms with Gasteiger partial charge in [0.15, 0.2) is 11.2 Å². The highest BCUT2D eigenvalue weighted by atomic mass is 32.2. The number of aromatic nitrogens is 1. The fraction of sp³-hybridized carbons (Fsp3) is 0.333. The van der Waals surface area contributed by atoms with Gasteiger partial charge in [-0.05, 0) is 17.4 Å². The standard InChI is InChI=1S/C27H28N4O4S3/c1-36-15-27(25(34)35-22(17-8-4-2-5-9-17)18-10-6-3-7-11-18)14-31-23(33)21(24(31)38-16-27)30-20(32)12-19-13-37-26(28)29-19/h2-11,13,21-22,24H,12,14-16H2,1H3,(H2,28,29)(H,30,32)/t21?,24-,27?/m1/s1. The lowest BCUT2D eigenvalue weighted by atomic mass is 9.88. The Morgan fingerprint density at radius 1 is 1.18 bits per heavy atom. The van der Waals surface area contributed by atoms with Gasteiger partial charge in [0.1, 0.15) is 16.8 Å². The summed E-state index contributed by atoms with van der Waals surface area (Å²) < 4.78 is 6.23. The zero-order valence-corrected chi connectivity index (χ0v) is 23.2. The second kappa shape index (κ2) is 11.4. The Bertz CT molecular complexity index is 1270. The number of anilines is 1. The van der Waals surface area contributed by atoms with Crippen molar-refractivity contribution in [3.05, 3.63) is 82.9 Å². The molecule has 2 unspecified atom stereocenters. The highest BCUT2D eigenvalue weighted by Gasteiger charge is 2.58. The van der Waals surface area contributed by atoms with Crippen LogP contribution in [0.15, 0.2) is 66.0 Å². The van der Waals surface area contributed by atoms with Crippen molar-refractivity contribution >= 4 is 57.8 Å². The Balaban J connectivity index is 1.29. The third-order valence-electron chi connectivity index (χ3n) is 6.66. The number of amides is 2. The molecule has 2 aliphatic heterocycles. The summed E-state index contributed by atoms with van der Waals surface area (Å²) in [6, 6.07) is 18.7. The lowest BCUT2D eigenvalue weighted by molar-refractivity contribution is -0.164. The molecule has 2 saturated heterocycles. The average Bonchev–Trinajstić information content (AvgIpc) is 3.35. The number of carbonyl (C=O) groups is 3. The second-order valence-electron chi connectivity index (χ2n) is 9.39. The van der Waals surface area contributed by atoms with Crippen LogP contribution in [0.5, 0.6) is 0 Å². The summed E-state index contributed by atoms with van der Waals surface area (Å²) >= 11 is 4.35. The Morgan fingerprint density at radius 2 is 1.84 bits per heavy atom. The summed E-state index contributed by atoms with van der Waals surface area (Å²) in [5.74, 6) is 0.231. The van der Waals surface area contributed by atoms with Crippen molar-refractivity contribution in [2.24, 2.45) is 5.41 Å². The number of nitrogens with two attached hydrogens (primary N) is 1. The molecule has 2 amide bonds. The largest absolute Gasteiger partial charge is 0.452 e. The van der Waals surface area contributed by atoms with Crippen LogP contribution in [0.3, 0.4) is 0 Å². The molecular formula is C27H28N4O4S3. The van der Waals surface area contributed by atoms with E-state index in [1.807, 2.05) is 66.9 Å². The van der Waals surface area contributed by atoms with Crippen molar-refractivity contribution in [1.29, 1.82) is 0 Å². The molecule has 198 valence electrons. The van der Waals surface area contributed by atoms with Crippen molar-refractivity contribution in [3.8, 4) is 0 Å². The number of hydrogen-bond donors (Lipinski definition) is 2. The van der Waals surface area contributed by atoms with Crippen LogP contribution in [-0.4, -0.2) is 63.4 Å². The summed E-state index contributed by atoms with van der Waals surface area (Å²) in [5.41, 5.74) is 7.14. The van der Waals surface area contributed by atoms with Gasteiger partial charge in [0.25, 0.3) is 0 Å². The highest BCUT2D eigenvalue weighted by molar-refractivity contribution is 8.00. The molecule has 0 saturated carbocycles. The van der Waals surface area contributed by atoms with E-state index in [9.17, 15) is 14.4 Å². The molecule has 5 rings (SSSR count). The molecule has 3 atom stereocenters. The zero-order chi connectivity index (χ0) is 26.7.